The second kappa shape index (κ2) is 6.76. The molecule has 2 aromatic carbocycles. The second-order valence-electron chi connectivity index (χ2n) is 5.81. The fourth-order valence-corrected chi connectivity index (χ4v) is 2.62. The molecule has 1 N–H and O–H groups in total. The van der Waals surface area contributed by atoms with Crippen LogP contribution in [0.2, 0.25) is 0 Å². The van der Waals surface area contributed by atoms with E-state index in [9.17, 15) is 14.7 Å². The summed E-state index contributed by atoms with van der Waals surface area (Å²) in [6.07, 6.45) is 3.00. The molecule has 4 aromatic rings. The van der Waals surface area contributed by atoms with Crippen LogP contribution in [0.4, 0.5) is 0 Å². The summed E-state index contributed by atoms with van der Waals surface area (Å²) < 4.78 is 11.0. The van der Waals surface area contributed by atoms with Gasteiger partial charge in [-0.05, 0) is 54.6 Å². The van der Waals surface area contributed by atoms with Crippen LogP contribution < -0.4 is 10.2 Å². The summed E-state index contributed by atoms with van der Waals surface area (Å²) in [5.74, 6) is 0.235. The maximum Gasteiger partial charge on any atom is 0.345 e. The van der Waals surface area contributed by atoms with Crippen molar-refractivity contribution in [1.82, 2.24) is 4.98 Å². The van der Waals surface area contributed by atoms with Crippen molar-refractivity contribution in [1.29, 1.82) is 0 Å². The Morgan fingerprint density at radius 1 is 1.04 bits per heavy atom. The number of hydrogen-bond donors (Lipinski definition) is 1. The van der Waals surface area contributed by atoms with E-state index in [-0.39, 0.29) is 11.2 Å². The molecule has 0 spiro atoms. The molecule has 0 aliphatic heterocycles. The summed E-state index contributed by atoms with van der Waals surface area (Å²) >= 11 is 0. The lowest BCUT2D eigenvalue weighted by atomic mass is 10.1. The maximum atomic E-state index is 12.2. The highest BCUT2D eigenvalue weighted by Gasteiger charge is 2.10. The third-order valence-corrected chi connectivity index (χ3v) is 3.96. The van der Waals surface area contributed by atoms with Gasteiger partial charge in [-0.1, -0.05) is 0 Å². The molecule has 0 radical (unpaired) electrons. The Morgan fingerprint density at radius 2 is 1.85 bits per heavy atom. The van der Waals surface area contributed by atoms with Gasteiger partial charge in [0.25, 0.3) is 0 Å². The van der Waals surface area contributed by atoms with Crippen molar-refractivity contribution < 1.29 is 19.1 Å². The largest absolute Gasteiger partial charge is 0.508 e. The van der Waals surface area contributed by atoms with E-state index in [4.69, 9.17) is 9.15 Å². The minimum atomic E-state index is -0.507. The number of rotatable bonds is 3. The number of carbonyl (C=O) groups is 1. The molecule has 0 bridgehead atoms. The fraction of sp³-hybridized carbons (Fsp3) is 0. The first-order valence-electron chi connectivity index (χ1n) is 8.10. The van der Waals surface area contributed by atoms with E-state index in [1.807, 2.05) is 0 Å². The molecule has 0 fully saturated rings. The first kappa shape index (κ1) is 16.5. The van der Waals surface area contributed by atoms with Gasteiger partial charge in [-0.25, -0.2) is 4.79 Å². The number of hydrogen-bond acceptors (Lipinski definition) is 6. The van der Waals surface area contributed by atoms with Crippen LogP contribution in [0.1, 0.15) is 10.4 Å². The third-order valence-electron chi connectivity index (χ3n) is 3.96. The van der Waals surface area contributed by atoms with Crippen LogP contribution in [0.25, 0.3) is 22.3 Å². The summed E-state index contributed by atoms with van der Waals surface area (Å²) in [6.45, 7) is 0. The van der Waals surface area contributed by atoms with Crippen LogP contribution in [-0.2, 0) is 0 Å². The molecular formula is C21H13NO5. The standard InChI is InChI=1S/C21H13NO5/c23-15-5-8-19-17(10-15)18(24)11-20(27-19)13-3-6-16(7-4-13)26-21(25)14-2-1-9-22-12-14/h1-12,23H. The van der Waals surface area contributed by atoms with Crippen molar-refractivity contribution in [3.8, 4) is 22.8 Å². The van der Waals surface area contributed by atoms with Crippen molar-refractivity contribution in [2.75, 3.05) is 0 Å². The van der Waals surface area contributed by atoms with E-state index in [0.29, 0.717) is 33.6 Å². The van der Waals surface area contributed by atoms with Gasteiger partial charge in [-0.2, -0.15) is 0 Å². The van der Waals surface area contributed by atoms with Crippen LogP contribution >= 0.6 is 0 Å². The molecule has 6 heteroatoms. The zero-order chi connectivity index (χ0) is 18.8. The number of phenols is 1. The zero-order valence-corrected chi connectivity index (χ0v) is 14.0. The molecule has 0 saturated heterocycles. The predicted molar refractivity (Wildman–Crippen MR) is 98.8 cm³/mol. The number of benzene rings is 2. The van der Waals surface area contributed by atoms with E-state index < -0.39 is 5.97 Å². The fourth-order valence-electron chi connectivity index (χ4n) is 2.62. The van der Waals surface area contributed by atoms with Crippen LogP contribution in [0.3, 0.4) is 0 Å². The summed E-state index contributed by atoms with van der Waals surface area (Å²) in [7, 11) is 0. The highest BCUT2D eigenvalue weighted by molar-refractivity contribution is 5.90. The number of aromatic hydroxyl groups is 1. The number of fused-ring (bicyclic) bond motifs is 1. The molecule has 27 heavy (non-hydrogen) atoms. The lowest BCUT2D eigenvalue weighted by Crippen LogP contribution is -2.08. The van der Waals surface area contributed by atoms with Gasteiger partial charge in [0, 0.05) is 24.0 Å². The normalized spacial score (nSPS) is 10.7. The molecular weight excluding hydrogens is 346 g/mol. The van der Waals surface area contributed by atoms with E-state index in [2.05, 4.69) is 4.98 Å². The lowest BCUT2D eigenvalue weighted by molar-refractivity contribution is 0.0734. The van der Waals surface area contributed by atoms with Crippen molar-refractivity contribution in [3.63, 3.8) is 0 Å². The molecule has 4 rings (SSSR count). The van der Waals surface area contributed by atoms with Crippen LogP contribution in [0, 0.1) is 0 Å². The first-order valence-corrected chi connectivity index (χ1v) is 8.10. The van der Waals surface area contributed by atoms with Crippen molar-refractivity contribution in [2.45, 2.75) is 0 Å². The summed E-state index contributed by atoms with van der Waals surface area (Å²) in [5.41, 5.74) is 1.13. The third kappa shape index (κ3) is 3.41. The second-order valence-corrected chi connectivity index (χ2v) is 5.81. The van der Waals surface area contributed by atoms with Crippen LogP contribution in [0.15, 0.2) is 82.3 Å². The minimum Gasteiger partial charge on any atom is -0.508 e. The van der Waals surface area contributed by atoms with Gasteiger partial charge in [0.1, 0.15) is 22.8 Å². The average Bonchev–Trinajstić information content (AvgIpc) is 2.69. The van der Waals surface area contributed by atoms with Gasteiger partial charge in [-0.15, -0.1) is 0 Å². The molecule has 0 atom stereocenters. The molecule has 6 nitrogen and oxygen atoms in total. The topological polar surface area (TPSA) is 89.6 Å². The van der Waals surface area contributed by atoms with E-state index in [1.54, 1.807) is 48.7 Å². The smallest absolute Gasteiger partial charge is 0.345 e. The van der Waals surface area contributed by atoms with Crippen LogP contribution in [-0.4, -0.2) is 16.1 Å². The Bertz CT molecular complexity index is 1180. The zero-order valence-electron chi connectivity index (χ0n) is 14.0. The average molecular weight is 359 g/mol. The SMILES string of the molecule is O=C(Oc1ccc(-c2cc(=O)c3cc(O)ccc3o2)cc1)c1cccnc1. The van der Waals surface area contributed by atoms with E-state index in [1.165, 1.54) is 24.4 Å². The van der Waals surface area contributed by atoms with Gasteiger partial charge >= 0.3 is 5.97 Å². The van der Waals surface area contributed by atoms with Gasteiger partial charge in [0.05, 0.1) is 10.9 Å². The Hall–Kier alpha value is -3.93. The number of carbonyl (C=O) groups excluding carboxylic acids is 1. The van der Waals surface area contributed by atoms with Gasteiger partial charge in [-0.3, -0.25) is 9.78 Å². The van der Waals surface area contributed by atoms with Crippen LogP contribution in [0.5, 0.6) is 11.5 Å². The first-order chi connectivity index (χ1) is 13.1. The molecule has 0 aliphatic carbocycles. The number of ether oxygens (including phenoxy) is 1. The Labute approximate surface area is 153 Å². The molecule has 2 aromatic heterocycles. The van der Waals surface area contributed by atoms with Gasteiger partial charge < -0.3 is 14.3 Å². The Kier molecular flexibility index (Phi) is 4.14. The minimum absolute atomic E-state index is 0.00216. The monoisotopic (exact) mass is 359 g/mol. The molecule has 0 aliphatic rings. The number of phenolic OH excluding ortho intramolecular Hbond substituents is 1. The summed E-state index contributed by atoms with van der Waals surface area (Å²) in [5, 5.41) is 9.81. The predicted octanol–water partition coefficient (Wildman–Crippen LogP) is 3.78. The quantitative estimate of drug-likeness (QED) is 0.442. The number of nitrogens with zero attached hydrogens (tertiary/aromatic N) is 1. The summed E-state index contributed by atoms with van der Waals surface area (Å²) in [4.78, 5) is 28.2. The van der Waals surface area contributed by atoms with Crippen molar-refractivity contribution in [2.24, 2.45) is 0 Å². The molecule has 0 saturated carbocycles. The van der Waals surface area contributed by atoms with Gasteiger partial charge in [0.15, 0.2) is 5.43 Å². The number of esters is 1. The van der Waals surface area contributed by atoms with Crippen molar-refractivity contribution >= 4 is 16.9 Å². The van der Waals surface area contributed by atoms with Crippen molar-refractivity contribution in [3.05, 3.63) is 88.8 Å². The highest BCUT2D eigenvalue weighted by Crippen LogP contribution is 2.26. The molecule has 0 amide bonds. The summed E-state index contributed by atoms with van der Waals surface area (Å²) in [6, 6.07) is 15.6. The molecule has 0 unspecified atom stereocenters. The van der Waals surface area contributed by atoms with E-state index >= 15 is 0 Å². The van der Waals surface area contributed by atoms with Gasteiger partial charge in [0.2, 0.25) is 0 Å². The lowest BCUT2D eigenvalue weighted by Gasteiger charge is -2.06. The highest BCUT2D eigenvalue weighted by atomic mass is 16.5. The number of aromatic nitrogens is 1. The number of pyridine rings is 1. The molecule has 2 heterocycles. The van der Waals surface area contributed by atoms with E-state index in [0.717, 1.165) is 0 Å². The molecule has 132 valence electrons. The Morgan fingerprint density at radius 3 is 2.59 bits per heavy atom. The maximum absolute atomic E-state index is 12.2. The Balaban J connectivity index is 1.61.